The number of hydrogen-bond acceptors (Lipinski definition) is 6. The number of rotatable bonds is 6. The molecular formula is C11H13FN2O6S. The molecule has 0 fully saturated rings. The van der Waals surface area contributed by atoms with Crippen LogP contribution >= 0.6 is 0 Å². The number of nitrogens with two attached hydrogens (primary N) is 1. The van der Waals surface area contributed by atoms with Gasteiger partial charge < -0.3 is 15.6 Å². The van der Waals surface area contributed by atoms with E-state index in [2.05, 4.69) is 4.74 Å². The lowest BCUT2D eigenvalue weighted by molar-refractivity contribution is -0.125. The maximum atomic E-state index is 13.2. The summed E-state index contributed by atoms with van der Waals surface area (Å²) in [5.74, 6) is -3.01. The first-order valence-corrected chi connectivity index (χ1v) is 7.02. The molecule has 10 heteroatoms. The van der Waals surface area contributed by atoms with Crippen molar-refractivity contribution in [2.75, 3.05) is 13.7 Å². The first-order chi connectivity index (χ1) is 9.69. The lowest BCUT2D eigenvalue weighted by Crippen LogP contribution is -2.40. The number of methoxy groups -OCH3 is 1. The van der Waals surface area contributed by atoms with Gasteiger partial charge in [0.05, 0.1) is 17.6 Å². The second kappa shape index (κ2) is 6.61. The molecule has 1 amide bonds. The first-order valence-electron chi connectivity index (χ1n) is 5.54. The Morgan fingerprint density at radius 1 is 1.48 bits per heavy atom. The van der Waals surface area contributed by atoms with E-state index < -0.39 is 45.3 Å². The van der Waals surface area contributed by atoms with E-state index in [4.69, 9.17) is 10.8 Å². The van der Waals surface area contributed by atoms with Gasteiger partial charge in [0.1, 0.15) is 11.9 Å². The minimum absolute atomic E-state index is 0.389. The summed E-state index contributed by atoms with van der Waals surface area (Å²) in [7, 11) is -3.32. The maximum absolute atomic E-state index is 13.2. The Morgan fingerprint density at radius 2 is 2.10 bits per heavy atom. The summed E-state index contributed by atoms with van der Waals surface area (Å²) in [5.41, 5.74) is 4.38. The van der Waals surface area contributed by atoms with Gasteiger partial charge in [0.2, 0.25) is 15.9 Å². The molecule has 1 rings (SSSR count). The Kier molecular flexibility index (Phi) is 5.35. The molecule has 0 aliphatic heterocycles. The lowest BCUT2D eigenvalue weighted by atomic mass is 10.2. The number of primary amides is 1. The van der Waals surface area contributed by atoms with Crippen molar-refractivity contribution in [3.05, 3.63) is 29.6 Å². The molecular weight excluding hydrogens is 307 g/mol. The zero-order chi connectivity index (χ0) is 16.2. The predicted octanol–water partition coefficient (Wildman–Crippen LogP) is -1.26. The molecule has 8 nitrogen and oxygen atoms in total. The smallest absolute Gasteiger partial charge is 0.339 e. The molecule has 0 aliphatic carbocycles. The molecule has 0 aromatic heterocycles. The van der Waals surface area contributed by atoms with Crippen molar-refractivity contribution in [1.29, 1.82) is 0 Å². The Morgan fingerprint density at radius 3 is 2.62 bits per heavy atom. The van der Waals surface area contributed by atoms with Crippen LogP contribution in [0, 0.1) is 5.82 Å². The van der Waals surface area contributed by atoms with Crippen LogP contribution < -0.4 is 10.5 Å². The standard InChI is InChI=1S/C11H13FN2O6S/c1-20-11(17)7-3-2-6(12)4-9(7)21(18,19)14-5-8(15)10(13)16/h2-4,8,14-15H,5H2,1H3,(H2,13,16). The molecule has 0 saturated carbocycles. The van der Waals surface area contributed by atoms with Gasteiger partial charge in [-0.25, -0.2) is 22.3 Å². The van der Waals surface area contributed by atoms with Crippen LogP contribution in [0.4, 0.5) is 4.39 Å². The molecule has 0 heterocycles. The lowest BCUT2D eigenvalue weighted by Gasteiger charge is -2.12. The second-order valence-electron chi connectivity index (χ2n) is 3.90. The van der Waals surface area contributed by atoms with Crippen molar-refractivity contribution in [3.63, 3.8) is 0 Å². The SMILES string of the molecule is COC(=O)c1ccc(F)cc1S(=O)(=O)NCC(O)C(N)=O. The van der Waals surface area contributed by atoms with Crippen LogP contribution in [0.5, 0.6) is 0 Å². The Hall–Kier alpha value is -2.04. The second-order valence-corrected chi connectivity index (χ2v) is 5.64. The number of ether oxygens (including phenoxy) is 1. The fourth-order valence-corrected chi connectivity index (χ4v) is 2.61. The number of carbonyl (C=O) groups excluding carboxylic acids is 2. The highest BCUT2D eigenvalue weighted by molar-refractivity contribution is 7.89. The van der Waals surface area contributed by atoms with E-state index in [0.717, 1.165) is 19.2 Å². The van der Waals surface area contributed by atoms with Gasteiger partial charge in [-0.2, -0.15) is 0 Å². The number of esters is 1. The number of aliphatic hydroxyl groups is 1. The van der Waals surface area contributed by atoms with Crippen LogP contribution in [-0.2, 0) is 19.6 Å². The van der Waals surface area contributed by atoms with E-state index in [9.17, 15) is 22.4 Å². The minimum Gasteiger partial charge on any atom is -0.465 e. The zero-order valence-corrected chi connectivity index (χ0v) is 11.7. The quantitative estimate of drug-likeness (QED) is 0.560. The number of aliphatic hydroxyl groups excluding tert-OH is 1. The average molecular weight is 320 g/mol. The van der Waals surface area contributed by atoms with Crippen molar-refractivity contribution in [2.24, 2.45) is 5.73 Å². The van der Waals surface area contributed by atoms with Crippen LogP contribution in [0.3, 0.4) is 0 Å². The highest BCUT2D eigenvalue weighted by Gasteiger charge is 2.25. The molecule has 1 aromatic rings. The summed E-state index contributed by atoms with van der Waals surface area (Å²) in [4.78, 5) is 21.4. The van der Waals surface area contributed by atoms with Crippen molar-refractivity contribution in [1.82, 2.24) is 4.72 Å². The fraction of sp³-hybridized carbons (Fsp3) is 0.273. The van der Waals surface area contributed by atoms with Crippen molar-refractivity contribution >= 4 is 21.9 Å². The number of nitrogens with one attached hydrogen (secondary N) is 1. The number of hydrogen-bond donors (Lipinski definition) is 3. The van der Waals surface area contributed by atoms with E-state index in [1.807, 2.05) is 4.72 Å². The first kappa shape index (κ1) is 17.0. The van der Waals surface area contributed by atoms with Gasteiger partial charge >= 0.3 is 5.97 Å². The zero-order valence-electron chi connectivity index (χ0n) is 10.9. The molecule has 1 unspecified atom stereocenters. The number of halogens is 1. The van der Waals surface area contributed by atoms with Gasteiger partial charge in [-0.1, -0.05) is 0 Å². The summed E-state index contributed by atoms with van der Waals surface area (Å²) in [6.07, 6.45) is -1.75. The fourth-order valence-electron chi connectivity index (χ4n) is 1.36. The third kappa shape index (κ3) is 4.21. The number of sulfonamides is 1. The van der Waals surface area contributed by atoms with Crippen LogP contribution in [-0.4, -0.2) is 45.2 Å². The Balaban J connectivity index is 3.15. The summed E-state index contributed by atoms with van der Waals surface area (Å²) in [6, 6.07) is 2.45. The van der Waals surface area contributed by atoms with E-state index in [1.54, 1.807) is 0 Å². The Labute approximate surface area is 119 Å². The third-order valence-electron chi connectivity index (χ3n) is 2.43. The Bertz CT molecular complexity index is 661. The van der Waals surface area contributed by atoms with Gasteiger partial charge in [0.25, 0.3) is 0 Å². The van der Waals surface area contributed by atoms with Gasteiger partial charge in [-0.05, 0) is 18.2 Å². The molecule has 0 saturated heterocycles. The van der Waals surface area contributed by atoms with E-state index in [0.29, 0.717) is 6.07 Å². The number of benzene rings is 1. The van der Waals surface area contributed by atoms with Gasteiger partial charge in [-0.15, -0.1) is 0 Å². The van der Waals surface area contributed by atoms with Gasteiger partial charge in [0, 0.05) is 6.54 Å². The molecule has 0 spiro atoms. The van der Waals surface area contributed by atoms with Crippen LogP contribution in [0.25, 0.3) is 0 Å². The van der Waals surface area contributed by atoms with Crippen molar-refractivity contribution in [2.45, 2.75) is 11.0 Å². The summed E-state index contributed by atoms with van der Waals surface area (Å²) < 4.78 is 43.5. The number of carbonyl (C=O) groups is 2. The average Bonchev–Trinajstić information content (AvgIpc) is 2.43. The van der Waals surface area contributed by atoms with Crippen molar-refractivity contribution in [3.8, 4) is 0 Å². The molecule has 116 valence electrons. The number of amides is 1. The molecule has 21 heavy (non-hydrogen) atoms. The highest BCUT2D eigenvalue weighted by atomic mass is 32.2. The largest absolute Gasteiger partial charge is 0.465 e. The third-order valence-corrected chi connectivity index (χ3v) is 3.90. The normalized spacial score (nSPS) is 12.7. The van der Waals surface area contributed by atoms with Crippen LogP contribution in [0.15, 0.2) is 23.1 Å². The van der Waals surface area contributed by atoms with E-state index in [-0.39, 0.29) is 5.56 Å². The van der Waals surface area contributed by atoms with Gasteiger partial charge in [0.15, 0.2) is 0 Å². The summed E-state index contributed by atoms with van der Waals surface area (Å²) in [6.45, 7) is -0.713. The van der Waals surface area contributed by atoms with E-state index in [1.165, 1.54) is 0 Å². The minimum atomic E-state index is -4.36. The van der Waals surface area contributed by atoms with Crippen LogP contribution in [0.1, 0.15) is 10.4 Å². The predicted molar refractivity (Wildman–Crippen MR) is 68.1 cm³/mol. The molecule has 0 radical (unpaired) electrons. The monoisotopic (exact) mass is 320 g/mol. The molecule has 1 atom stereocenters. The van der Waals surface area contributed by atoms with Gasteiger partial charge in [-0.3, -0.25) is 4.79 Å². The van der Waals surface area contributed by atoms with Crippen LogP contribution in [0.2, 0.25) is 0 Å². The molecule has 4 N–H and O–H groups in total. The van der Waals surface area contributed by atoms with Crippen molar-refractivity contribution < 1.29 is 32.2 Å². The van der Waals surface area contributed by atoms with E-state index >= 15 is 0 Å². The highest BCUT2D eigenvalue weighted by Crippen LogP contribution is 2.18. The maximum Gasteiger partial charge on any atom is 0.339 e. The molecule has 0 bridgehead atoms. The topological polar surface area (TPSA) is 136 Å². The molecule has 0 aliphatic rings. The summed E-state index contributed by atoms with van der Waals surface area (Å²) in [5, 5.41) is 9.15. The summed E-state index contributed by atoms with van der Waals surface area (Å²) >= 11 is 0. The molecule has 1 aromatic carbocycles.